The molecule has 1 aliphatic heterocycles. The fourth-order valence-corrected chi connectivity index (χ4v) is 1.80. The van der Waals surface area contributed by atoms with Crippen LogP contribution in [-0.4, -0.2) is 28.4 Å². The van der Waals surface area contributed by atoms with E-state index in [-0.39, 0.29) is 73.0 Å². The van der Waals surface area contributed by atoms with Crippen molar-refractivity contribution in [2.45, 2.75) is 53.8 Å². The second kappa shape index (κ2) is 5.22. The Morgan fingerprint density at radius 1 is 1.12 bits per heavy atom. The maximum atomic E-state index is 11.8. The monoisotopic (exact) mass is 441 g/mol. The Labute approximate surface area is 134 Å². The number of nitrogens with one attached hydrogen (secondary N) is 1. The molecule has 0 aliphatic carbocycles. The molecular formula is C11H22AcN2O2. The molecule has 4 nitrogen and oxygen atoms in total. The van der Waals surface area contributed by atoms with E-state index in [2.05, 4.69) is 5.32 Å². The van der Waals surface area contributed by atoms with Gasteiger partial charge in [-0.05, 0) is 10.8 Å². The van der Waals surface area contributed by atoms with Gasteiger partial charge in [0.25, 0.3) is 5.91 Å². The van der Waals surface area contributed by atoms with E-state index in [1.54, 1.807) is 0 Å². The van der Waals surface area contributed by atoms with Gasteiger partial charge in [0, 0.05) is 44.1 Å². The molecule has 16 heavy (non-hydrogen) atoms. The van der Waals surface area contributed by atoms with Gasteiger partial charge < -0.3 is 0 Å². The molecule has 0 saturated carbocycles. The van der Waals surface area contributed by atoms with E-state index in [1.165, 1.54) is 0 Å². The summed E-state index contributed by atoms with van der Waals surface area (Å²) in [7, 11) is 0. The van der Waals surface area contributed by atoms with E-state index in [0.717, 1.165) is 5.06 Å². The van der Waals surface area contributed by atoms with Crippen LogP contribution in [0.3, 0.4) is 0 Å². The van der Waals surface area contributed by atoms with Crippen LogP contribution >= 0.6 is 0 Å². The second-order valence-corrected chi connectivity index (χ2v) is 6.42. The van der Waals surface area contributed by atoms with Crippen LogP contribution < -0.4 is 5.32 Å². The molecule has 1 amide bonds. The van der Waals surface area contributed by atoms with Crippen molar-refractivity contribution in [1.29, 1.82) is 0 Å². The van der Waals surface area contributed by atoms with Gasteiger partial charge in [-0.15, -0.1) is 0 Å². The van der Waals surface area contributed by atoms with Crippen molar-refractivity contribution in [1.82, 2.24) is 10.4 Å². The predicted octanol–water partition coefficient (Wildman–Crippen LogP) is 1.59. The fourth-order valence-electron chi connectivity index (χ4n) is 1.80. The molecule has 0 aromatic rings. The number of amides is 1. The zero-order chi connectivity index (χ0) is 12.0. The first-order valence-electron chi connectivity index (χ1n) is 5.33. The quantitative estimate of drug-likeness (QED) is 0.562. The van der Waals surface area contributed by atoms with Gasteiger partial charge in [-0.2, -0.15) is 0 Å². The minimum absolute atomic E-state index is 0. The molecule has 1 fully saturated rings. The molecule has 1 heterocycles. The summed E-state index contributed by atoms with van der Waals surface area (Å²) in [5.74, 6) is -0.234. The van der Waals surface area contributed by atoms with E-state index in [0.29, 0.717) is 0 Å². The predicted molar refractivity (Wildman–Crippen MR) is 58.3 cm³/mol. The van der Waals surface area contributed by atoms with Crippen LogP contribution in [0.5, 0.6) is 0 Å². The minimum Gasteiger partial charge on any atom is -0.284 e. The van der Waals surface area contributed by atoms with Crippen LogP contribution in [-0.2, 0) is 4.79 Å². The van der Waals surface area contributed by atoms with Gasteiger partial charge in [-0.3, -0.25) is 15.3 Å². The largest absolute Gasteiger partial charge is 0.284 e. The molecule has 1 rings (SSSR count). The Morgan fingerprint density at radius 2 is 1.56 bits per heavy atom. The van der Waals surface area contributed by atoms with Crippen molar-refractivity contribution in [3.05, 3.63) is 0 Å². The summed E-state index contributed by atoms with van der Waals surface area (Å²) in [5.41, 5.74) is -0.359. The Bertz CT molecular complexity index is 268. The Balaban J connectivity index is 0.00000225. The smallest absolute Gasteiger partial charge is 0.265 e. The molecule has 0 unspecified atom stereocenters. The number of hydrogen-bond acceptors (Lipinski definition) is 3. The molecular weight excluding hydrogens is 419 g/mol. The standard InChI is InChI=1S/C11H22N2O2.Ac/c1-10(2,3)7-8(14)13(15)9(12-7)11(4,5)6;/h7,9,12,15H,1-6H3;/t7-,9-;/m1./s1. The third-order valence-electron chi connectivity index (χ3n) is 2.73. The third kappa shape index (κ3) is 3.41. The number of nitrogens with zero attached hydrogens (tertiary/aromatic N) is 1. The summed E-state index contributed by atoms with van der Waals surface area (Å²) in [4.78, 5) is 11.8. The van der Waals surface area contributed by atoms with E-state index < -0.39 is 0 Å². The third-order valence-corrected chi connectivity index (χ3v) is 2.73. The maximum absolute atomic E-state index is 11.8. The Hall–Kier alpha value is 0.832. The van der Waals surface area contributed by atoms with Crippen LogP contribution in [0.4, 0.5) is 0 Å². The molecule has 2 atom stereocenters. The summed E-state index contributed by atoms with van der Waals surface area (Å²) in [6.07, 6.45) is -0.311. The average molecular weight is 441 g/mol. The molecule has 0 aromatic heterocycles. The van der Waals surface area contributed by atoms with Crippen LogP contribution in [0.15, 0.2) is 0 Å². The van der Waals surface area contributed by atoms with E-state index in [4.69, 9.17) is 0 Å². The molecule has 5 heteroatoms. The first-order chi connectivity index (χ1) is 6.55. The van der Waals surface area contributed by atoms with Crippen molar-refractivity contribution in [3.8, 4) is 0 Å². The summed E-state index contributed by atoms with van der Waals surface area (Å²) in [5, 5.41) is 13.8. The zero-order valence-corrected chi connectivity index (χ0v) is 15.8. The van der Waals surface area contributed by atoms with Crippen LogP contribution in [0, 0.1) is 54.9 Å². The first kappa shape index (κ1) is 16.8. The van der Waals surface area contributed by atoms with E-state index in [1.807, 2.05) is 41.5 Å². The normalized spacial score (nSPS) is 26.9. The van der Waals surface area contributed by atoms with Gasteiger partial charge in [-0.25, -0.2) is 5.06 Å². The van der Waals surface area contributed by atoms with Gasteiger partial charge in [0.1, 0.15) is 6.17 Å². The molecule has 1 aliphatic rings. The zero-order valence-electron chi connectivity index (χ0n) is 11.0. The molecule has 0 bridgehead atoms. The summed E-state index contributed by atoms with van der Waals surface area (Å²) >= 11 is 0. The maximum Gasteiger partial charge on any atom is 0.265 e. The SMILES string of the molecule is CC(C)(C)[C@@H]1N[C@@H](C(C)(C)C)N(O)C1=O.[Ac]. The number of carbonyl (C=O) groups excluding carboxylic acids is 1. The van der Waals surface area contributed by atoms with Gasteiger partial charge >= 0.3 is 0 Å². The van der Waals surface area contributed by atoms with Gasteiger partial charge in [0.05, 0.1) is 6.04 Å². The van der Waals surface area contributed by atoms with Crippen molar-refractivity contribution in [2.75, 3.05) is 0 Å². The number of hydrogen-bond donors (Lipinski definition) is 2. The summed E-state index contributed by atoms with van der Waals surface area (Å²) in [6.45, 7) is 11.9. The second-order valence-electron chi connectivity index (χ2n) is 6.42. The molecule has 1 radical (unpaired) electrons. The minimum atomic E-state index is -0.313. The Kier molecular flexibility index (Phi) is 5.49. The van der Waals surface area contributed by atoms with Gasteiger partial charge in [-0.1, -0.05) is 41.5 Å². The Morgan fingerprint density at radius 3 is 1.75 bits per heavy atom. The van der Waals surface area contributed by atoms with E-state index in [9.17, 15) is 10.0 Å². The van der Waals surface area contributed by atoms with Crippen LogP contribution in [0.25, 0.3) is 0 Å². The molecule has 0 aromatic carbocycles. The number of rotatable bonds is 0. The van der Waals surface area contributed by atoms with Crippen molar-refractivity contribution in [3.63, 3.8) is 0 Å². The van der Waals surface area contributed by atoms with Crippen molar-refractivity contribution >= 4 is 5.91 Å². The number of carbonyl (C=O) groups is 1. The summed E-state index contributed by atoms with van der Waals surface area (Å²) < 4.78 is 0. The number of hydroxylamine groups is 2. The molecule has 1 saturated heterocycles. The van der Waals surface area contributed by atoms with Crippen molar-refractivity contribution in [2.24, 2.45) is 10.8 Å². The van der Waals surface area contributed by atoms with E-state index >= 15 is 0 Å². The topological polar surface area (TPSA) is 52.6 Å². The molecule has 0 spiro atoms. The molecule has 2 N–H and O–H groups in total. The summed E-state index contributed by atoms with van der Waals surface area (Å²) in [6, 6.07) is -0.313. The van der Waals surface area contributed by atoms with Crippen LogP contribution in [0.2, 0.25) is 0 Å². The van der Waals surface area contributed by atoms with Crippen molar-refractivity contribution < 1.29 is 54.1 Å². The fraction of sp³-hybridized carbons (Fsp3) is 0.909. The molecule has 91 valence electrons. The average Bonchev–Trinajstić information content (AvgIpc) is 2.26. The first-order valence-corrected chi connectivity index (χ1v) is 5.33. The van der Waals surface area contributed by atoms with Gasteiger partial charge in [0.2, 0.25) is 0 Å². The van der Waals surface area contributed by atoms with Crippen LogP contribution in [0.1, 0.15) is 41.5 Å². The van der Waals surface area contributed by atoms with Gasteiger partial charge in [0.15, 0.2) is 0 Å².